The zero-order chi connectivity index (χ0) is 20.8. The van der Waals surface area contributed by atoms with E-state index in [1.54, 1.807) is 13.0 Å². The second-order valence-electron chi connectivity index (χ2n) is 7.36. The summed E-state index contributed by atoms with van der Waals surface area (Å²) in [5.41, 5.74) is 2.48. The molecule has 0 aliphatic heterocycles. The average molecular weight is 413 g/mol. The van der Waals surface area contributed by atoms with E-state index in [-0.39, 0.29) is 17.5 Å². The lowest BCUT2D eigenvalue weighted by molar-refractivity contribution is -0.113. The molecule has 1 aromatic heterocycles. The Morgan fingerprint density at radius 3 is 2.62 bits per heavy atom. The summed E-state index contributed by atoms with van der Waals surface area (Å²) in [6.07, 6.45) is 0.697. The Bertz CT molecular complexity index is 972. The molecule has 5 nitrogen and oxygen atoms in total. The Hall–Kier alpha value is -2.67. The second-order valence-corrected chi connectivity index (χ2v) is 8.30. The molecule has 0 aliphatic carbocycles. The Balaban J connectivity index is 1.68. The molecule has 7 heteroatoms. The van der Waals surface area contributed by atoms with Gasteiger partial charge in [0.2, 0.25) is 5.91 Å². The first-order chi connectivity index (χ1) is 13.9. The van der Waals surface area contributed by atoms with E-state index >= 15 is 0 Å². The predicted octanol–water partition coefficient (Wildman–Crippen LogP) is 4.70. The van der Waals surface area contributed by atoms with Crippen LogP contribution < -0.4 is 5.32 Å². The highest BCUT2D eigenvalue weighted by Gasteiger charge is 2.16. The van der Waals surface area contributed by atoms with E-state index in [1.807, 2.05) is 18.2 Å². The largest absolute Gasteiger partial charge is 0.325 e. The van der Waals surface area contributed by atoms with E-state index in [0.717, 1.165) is 17.5 Å². The van der Waals surface area contributed by atoms with Gasteiger partial charge in [-0.1, -0.05) is 55.9 Å². The summed E-state index contributed by atoms with van der Waals surface area (Å²) in [6, 6.07) is 14.5. The maximum absolute atomic E-state index is 13.2. The van der Waals surface area contributed by atoms with Crippen LogP contribution in [-0.2, 0) is 17.8 Å². The molecule has 0 spiro atoms. The van der Waals surface area contributed by atoms with Gasteiger partial charge >= 0.3 is 0 Å². The highest BCUT2D eigenvalue weighted by atomic mass is 32.2. The molecule has 1 N–H and O–H groups in total. The van der Waals surface area contributed by atoms with Crippen molar-refractivity contribution in [1.82, 2.24) is 14.8 Å². The maximum atomic E-state index is 13.2. The van der Waals surface area contributed by atoms with Crippen LogP contribution in [0.5, 0.6) is 0 Å². The molecule has 0 saturated heterocycles. The molecule has 2 aromatic carbocycles. The number of hydrogen-bond donors (Lipinski definition) is 1. The van der Waals surface area contributed by atoms with Crippen LogP contribution in [0.1, 0.15) is 30.8 Å². The average Bonchev–Trinajstić information content (AvgIpc) is 3.04. The van der Waals surface area contributed by atoms with Gasteiger partial charge in [-0.05, 0) is 42.2 Å². The summed E-state index contributed by atoms with van der Waals surface area (Å²) < 4.78 is 15.3. The molecule has 29 heavy (non-hydrogen) atoms. The number of carbonyl (C=O) groups excluding carboxylic acids is 1. The first kappa shape index (κ1) is 21.0. The topological polar surface area (TPSA) is 59.8 Å². The molecule has 3 rings (SSSR count). The number of carbonyl (C=O) groups is 1. The van der Waals surface area contributed by atoms with Gasteiger partial charge in [0.25, 0.3) is 0 Å². The lowest BCUT2D eigenvalue weighted by Crippen LogP contribution is -2.16. The lowest BCUT2D eigenvalue weighted by Gasteiger charge is -2.13. The molecule has 0 radical (unpaired) electrons. The van der Waals surface area contributed by atoms with Gasteiger partial charge in [-0.2, -0.15) is 0 Å². The Labute approximate surface area is 174 Å². The Morgan fingerprint density at radius 2 is 1.93 bits per heavy atom. The number of nitrogens with zero attached hydrogens (tertiary/aromatic N) is 3. The van der Waals surface area contributed by atoms with Gasteiger partial charge in [-0.25, -0.2) is 4.39 Å². The summed E-state index contributed by atoms with van der Waals surface area (Å²) in [6.45, 7) is 6.84. The number of amides is 1. The van der Waals surface area contributed by atoms with Crippen molar-refractivity contribution in [2.24, 2.45) is 5.92 Å². The monoisotopic (exact) mass is 412 g/mol. The van der Waals surface area contributed by atoms with Crippen LogP contribution in [0.25, 0.3) is 0 Å². The quantitative estimate of drug-likeness (QED) is 0.545. The van der Waals surface area contributed by atoms with Crippen molar-refractivity contribution in [1.29, 1.82) is 0 Å². The third-order valence-corrected chi connectivity index (χ3v) is 5.31. The highest BCUT2D eigenvalue weighted by molar-refractivity contribution is 7.99. The van der Waals surface area contributed by atoms with Crippen LogP contribution in [0, 0.1) is 18.7 Å². The fourth-order valence-corrected chi connectivity index (χ4v) is 3.73. The first-order valence-corrected chi connectivity index (χ1v) is 10.6. The number of aryl methyl sites for hydroxylation is 1. The van der Waals surface area contributed by atoms with E-state index in [1.165, 1.54) is 29.5 Å². The number of rotatable bonds is 8. The minimum absolute atomic E-state index is 0.159. The molecule has 0 aliphatic rings. The number of aromatic nitrogens is 3. The minimum atomic E-state index is -0.317. The smallest absolute Gasteiger partial charge is 0.234 e. The van der Waals surface area contributed by atoms with Gasteiger partial charge < -0.3 is 9.88 Å². The molecule has 3 aromatic rings. The number of benzene rings is 2. The summed E-state index contributed by atoms with van der Waals surface area (Å²) in [4.78, 5) is 12.4. The number of halogens is 1. The van der Waals surface area contributed by atoms with Crippen LogP contribution in [-0.4, -0.2) is 26.4 Å². The molecule has 0 fully saturated rings. The van der Waals surface area contributed by atoms with E-state index in [9.17, 15) is 9.18 Å². The molecule has 0 unspecified atom stereocenters. The third-order valence-electron chi connectivity index (χ3n) is 4.34. The van der Waals surface area contributed by atoms with Crippen molar-refractivity contribution >= 4 is 23.4 Å². The molecule has 1 amide bonds. The van der Waals surface area contributed by atoms with Gasteiger partial charge in [-0.3, -0.25) is 4.79 Å². The normalized spacial score (nSPS) is 11.1. The summed E-state index contributed by atoms with van der Waals surface area (Å²) in [5, 5.41) is 12.3. The number of nitrogens with one attached hydrogen (secondary N) is 1. The minimum Gasteiger partial charge on any atom is -0.325 e. The van der Waals surface area contributed by atoms with E-state index in [0.29, 0.717) is 23.6 Å². The van der Waals surface area contributed by atoms with Crippen molar-refractivity contribution in [2.75, 3.05) is 11.1 Å². The van der Waals surface area contributed by atoms with Crippen LogP contribution in [0.2, 0.25) is 0 Å². The van der Waals surface area contributed by atoms with Crippen molar-refractivity contribution in [3.63, 3.8) is 0 Å². The van der Waals surface area contributed by atoms with Crippen molar-refractivity contribution in [3.05, 3.63) is 71.3 Å². The zero-order valence-corrected chi connectivity index (χ0v) is 17.7. The Kier molecular flexibility index (Phi) is 7.04. The molecule has 0 saturated carbocycles. The van der Waals surface area contributed by atoms with Crippen LogP contribution in [0.4, 0.5) is 10.1 Å². The molecular weight excluding hydrogens is 387 g/mol. The summed E-state index contributed by atoms with van der Waals surface area (Å²) in [5.74, 6) is 1.05. The van der Waals surface area contributed by atoms with Crippen molar-refractivity contribution in [2.45, 2.75) is 38.9 Å². The van der Waals surface area contributed by atoms with Gasteiger partial charge in [0.1, 0.15) is 11.6 Å². The number of thioether (sulfide) groups is 1. The fourth-order valence-electron chi connectivity index (χ4n) is 2.97. The summed E-state index contributed by atoms with van der Waals surface area (Å²) in [7, 11) is 0. The van der Waals surface area contributed by atoms with Crippen LogP contribution in [0.15, 0.2) is 53.7 Å². The SMILES string of the molecule is Cc1cc(F)ccc1NC(=O)CSc1nnc(Cc2ccccc2)n1CC(C)C. The van der Waals surface area contributed by atoms with E-state index in [4.69, 9.17) is 0 Å². The first-order valence-electron chi connectivity index (χ1n) is 9.57. The van der Waals surface area contributed by atoms with Crippen molar-refractivity contribution in [3.8, 4) is 0 Å². The standard InChI is InChI=1S/C22H25FN4OS/c1-15(2)13-27-20(12-17-7-5-4-6-8-17)25-26-22(27)29-14-21(28)24-19-10-9-18(23)11-16(19)3/h4-11,15H,12-14H2,1-3H3,(H,24,28). The van der Waals surface area contributed by atoms with Gasteiger partial charge in [0.15, 0.2) is 5.16 Å². The molecule has 152 valence electrons. The van der Waals surface area contributed by atoms with E-state index in [2.05, 4.69) is 46.1 Å². The zero-order valence-electron chi connectivity index (χ0n) is 16.9. The van der Waals surface area contributed by atoms with Crippen LogP contribution >= 0.6 is 11.8 Å². The van der Waals surface area contributed by atoms with Gasteiger partial charge in [0, 0.05) is 18.7 Å². The maximum Gasteiger partial charge on any atom is 0.234 e. The summed E-state index contributed by atoms with van der Waals surface area (Å²) >= 11 is 1.36. The van der Waals surface area contributed by atoms with Gasteiger partial charge in [-0.15, -0.1) is 10.2 Å². The predicted molar refractivity (Wildman–Crippen MR) is 115 cm³/mol. The van der Waals surface area contributed by atoms with E-state index < -0.39 is 0 Å². The molecular formula is C22H25FN4OS. The molecule has 0 bridgehead atoms. The third kappa shape index (κ3) is 5.90. The number of anilines is 1. The highest BCUT2D eigenvalue weighted by Crippen LogP contribution is 2.22. The molecule has 0 atom stereocenters. The second kappa shape index (κ2) is 9.69. The molecule has 1 heterocycles. The Morgan fingerprint density at radius 1 is 1.17 bits per heavy atom. The fraction of sp³-hybridized carbons (Fsp3) is 0.318. The van der Waals surface area contributed by atoms with Crippen molar-refractivity contribution < 1.29 is 9.18 Å². The lowest BCUT2D eigenvalue weighted by atomic mass is 10.1. The van der Waals surface area contributed by atoms with Crippen LogP contribution in [0.3, 0.4) is 0 Å². The number of hydrogen-bond acceptors (Lipinski definition) is 4. The van der Waals surface area contributed by atoms with Gasteiger partial charge in [0.05, 0.1) is 5.75 Å².